The monoisotopic (exact) mass is 477 g/mol. The Morgan fingerprint density at radius 3 is 2.59 bits per heavy atom. The summed E-state index contributed by atoms with van der Waals surface area (Å²) >= 11 is 6.19. The van der Waals surface area contributed by atoms with Crippen molar-refractivity contribution in [2.45, 2.75) is 24.3 Å². The number of halogens is 1. The van der Waals surface area contributed by atoms with Gasteiger partial charge in [-0.1, -0.05) is 23.7 Å². The fourth-order valence-corrected chi connectivity index (χ4v) is 5.72. The molecule has 0 aromatic heterocycles. The molecular formula is C22H24ClN3O5S. The predicted octanol–water partition coefficient (Wildman–Crippen LogP) is 2.74. The molecule has 0 radical (unpaired) electrons. The van der Waals surface area contributed by atoms with Crippen molar-refractivity contribution >= 4 is 39.1 Å². The van der Waals surface area contributed by atoms with E-state index in [0.29, 0.717) is 37.4 Å². The molecule has 2 fully saturated rings. The largest absolute Gasteiger partial charge is 0.379 e. The maximum Gasteiger partial charge on any atom is 0.255 e. The van der Waals surface area contributed by atoms with E-state index in [4.69, 9.17) is 16.3 Å². The van der Waals surface area contributed by atoms with E-state index in [1.807, 2.05) is 6.07 Å². The van der Waals surface area contributed by atoms with Crippen LogP contribution in [0.4, 0.5) is 5.69 Å². The van der Waals surface area contributed by atoms with Crippen molar-refractivity contribution in [1.29, 1.82) is 0 Å². The fourth-order valence-electron chi connectivity index (χ4n) is 3.81. The molecule has 10 heteroatoms. The lowest BCUT2D eigenvalue weighted by atomic mass is 10.1. The number of morpholine rings is 1. The smallest absolute Gasteiger partial charge is 0.255 e. The topological polar surface area (TPSA) is 96.0 Å². The van der Waals surface area contributed by atoms with Crippen molar-refractivity contribution in [3.05, 3.63) is 58.6 Å². The number of nitrogens with one attached hydrogen (secondary N) is 1. The molecule has 2 aromatic carbocycles. The normalized spacial score (nSPS) is 17.5. The first-order valence-electron chi connectivity index (χ1n) is 10.4. The van der Waals surface area contributed by atoms with Gasteiger partial charge in [-0.25, -0.2) is 8.42 Å². The van der Waals surface area contributed by atoms with E-state index in [1.165, 1.54) is 16.4 Å². The lowest BCUT2D eigenvalue weighted by Crippen LogP contribution is -2.40. The zero-order chi connectivity index (χ0) is 22.7. The molecule has 170 valence electrons. The number of ether oxygens (including phenoxy) is 1. The van der Waals surface area contributed by atoms with E-state index >= 15 is 0 Å². The molecule has 2 aliphatic rings. The van der Waals surface area contributed by atoms with Gasteiger partial charge in [0.2, 0.25) is 15.9 Å². The summed E-state index contributed by atoms with van der Waals surface area (Å²) in [4.78, 5) is 26.4. The summed E-state index contributed by atoms with van der Waals surface area (Å²) in [5.41, 5.74) is 1.60. The number of hydrogen-bond donors (Lipinski definition) is 1. The van der Waals surface area contributed by atoms with Crippen LogP contribution in [0.3, 0.4) is 0 Å². The molecule has 2 amide bonds. The summed E-state index contributed by atoms with van der Waals surface area (Å²) in [6, 6.07) is 11.4. The van der Waals surface area contributed by atoms with E-state index in [2.05, 4.69) is 5.32 Å². The van der Waals surface area contributed by atoms with Crippen LogP contribution in [0.25, 0.3) is 0 Å². The first-order valence-corrected chi connectivity index (χ1v) is 12.2. The summed E-state index contributed by atoms with van der Waals surface area (Å²) in [5, 5.41) is 2.83. The van der Waals surface area contributed by atoms with Crippen LogP contribution in [0.2, 0.25) is 5.02 Å². The Hall–Kier alpha value is -2.46. The average Bonchev–Trinajstić information content (AvgIpc) is 3.20. The van der Waals surface area contributed by atoms with Gasteiger partial charge in [-0.15, -0.1) is 0 Å². The predicted molar refractivity (Wildman–Crippen MR) is 120 cm³/mol. The summed E-state index contributed by atoms with van der Waals surface area (Å²) in [7, 11) is -3.81. The molecule has 32 heavy (non-hydrogen) atoms. The first kappa shape index (κ1) is 22.7. The van der Waals surface area contributed by atoms with Crippen molar-refractivity contribution in [3.8, 4) is 0 Å². The van der Waals surface area contributed by atoms with Gasteiger partial charge in [0.25, 0.3) is 5.91 Å². The number of anilines is 1. The summed E-state index contributed by atoms with van der Waals surface area (Å²) < 4.78 is 32.5. The minimum Gasteiger partial charge on any atom is -0.379 e. The summed E-state index contributed by atoms with van der Waals surface area (Å²) in [6.45, 7) is 2.34. The maximum atomic E-state index is 13.0. The number of amides is 2. The third-order valence-corrected chi connectivity index (χ3v) is 7.89. The highest BCUT2D eigenvalue weighted by Crippen LogP contribution is 2.28. The van der Waals surface area contributed by atoms with Gasteiger partial charge in [0.15, 0.2) is 0 Å². The molecule has 4 rings (SSSR count). The van der Waals surface area contributed by atoms with Crippen molar-refractivity contribution < 1.29 is 22.7 Å². The van der Waals surface area contributed by atoms with Crippen LogP contribution in [-0.2, 0) is 26.1 Å². The van der Waals surface area contributed by atoms with Gasteiger partial charge in [0, 0.05) is 43.9 Å². The highest BCUT2D eigenvalue weighted by molar-refractivity contribution is 7.89. The molecular weight excluding hydrogens is 454 g/mol. The van der Waals surface area contributed by atoms with Gasteiger partial charge in [-0.3, -0.25) is 9.59 Å². The standard InChI is InChI=1S/C22H24ClN3O5S/c23-19-7-6-18(14-20(19)32(29,30)26-9-11-31-12-10-26)24-22(28)17-4-1-3-16(13-17)15-25-8-2-5-21(25)27/h1,3-4,6-7,13-14H,2,5,8-12,15H2,(H,24,28). The Morgan fingerprint density at radius 1 is 1.09 bits per heavy atom. The van der Waals surface area contributed by atoms with Gasteiger partial charge in [-0.05, 0) is 42.3 Å². The zero-order valence-corrected chi connectivity index (χ0v) is 19.0. The van der Waals surface area contributed by atoms with Crippen LogP contribution in [0, 0.1) is 0 Å². The molecule has 0 aliphatic carbocycles. The Morgan fingerprint density at radius 2 is 1.88 bits per heavy atom. The molecule has 2 saturated heterocycles. The zero-order valence-electron chi connectivity index (χ0n) is 17.4. The van der Waals surface area contributed by atoms with E-state index in [-0.39, 0.29) is 34.8 Å². The lowest BCUT2D eigenvalue weighted by molar-refractivity contribution is -0.128. The summed E-state index contributed by atoms with van der Waals surface area (Å²) in [5.74, 6) is -0.258. The van der Waals surface area contributed by atoms with E-state index in [1.54, 1.807) is 29.2 Å². The second kappa shape index (κ2) is 9.58. The molecule has 1 N–H and O–H groups in total. The van der Waals surface area contributed by atoms with Gasteiger partial charge in [0.05, 0.1) is 18.2 Å². The van der Waals surface area contributed by atoms with Crippen LogP contribution >= 0.6 is 11.6 Å². The van der Waals surface area contributed by atoms with Crippen molar-refractivity contribution in [2.24, 2.45) is 0 Å². The van der Waals surface area contributed by atoms with Crippen molar-refractivity contribution in [3.63, 3.8) is 0 Å². The van der Waals surface area contributed by atoms with Gasteiger partial charge < -0.3 is 15.0 Å². The molecule has 8 nitrogen and oxygen atoms in total. The van der Waals surface area contributed by atoms with Crippen molar-refractivity contribution in [1.82, 2.24) is 9.21 Å². The number of sulfonamides is 1. The number of hydrogen-bond acceptors (Lipinski definition) is 5. The van der Waals surface area contributed by atoms with Crippen LogP contribution in [-0.4, -0.2) is 62.3 Å². The highest BCUT2D eigenvalue weighted by Gasteiger charge is 2.29. The second-order valence-corrected chi connectivity index (χ2v) is 10.0. The van der Waals surface area contributed by atoms with E-state index < -0.39 is 10.0 Å². The molecule has 0 saturated carbocycles. The molecule has 0 spiro atoms. The molecule has 2 aromatic rings. The fraction of sp³-hybridized carbons (Fsp3) is 0.364. The first-order chi connectivity index (χ1) is 15.3. The van der Waals surface area contributed by atoms with Crippen LogP contribution in [0.1, 0.15) is 28.8 Å². The Labute approximate surface area is 192 Å². The Bertz CT molecular complexity index is 1130. The molecule has 0 atom stereocenters. The van der Waals surface area contributed by atoms with Gasteiger partial charge >= 0.3 is 0 Å². The van der Waals surface area contributed by atoms with Crippen molar-refractivity contribution in [2.75, 3.05) is 38.2 Å². The number of nitrogens with zero attached hydrogens (tertiary/aromatic N) is 2. The third-order valence-electron chi connectivity index (χ3n) is 5.51. The molecule has 2 aliphatic heterocycles. The van der Waals surface area contributed by atoms with Crippen LogP contribution in [0.15, 0.2) is 47.4 Å². The number of carbonyl (C=O) groups excluding carboxylic acids is 2. The highest BCUT2D eigenvalue weighted by atomic mass is 35.5. The number of benzene rings is 2. The Kier molecular flexibility index (Phi) is 6.80. The minimum atomic E-state index is -3.81. The van der Waals surface area contributed by atoms with Gasteiger partial charge in [-0.2, -0.15) is 4.31 Å². The van der Waals surface area contributed by atoms with Gasteiger partial charge in [0.1, 0.15) is 4.90 Å². The third kappa shape index (κ3) is 4.96. The summed E-state index contributed by atoms with van der Waals surface area (Å²) in [6.07, 6.45) is 1.41. The van der Waals surface area contributed by atoms with E-state index in [9.17, 15) is 18.0 Å². The lowest BCUT2D eigenvalue weighted by Gasteiger charge is -2.26. The van der Waals surface area contributed by atoms with Crippen LogP contribution in [0.5, 0.6) is 0 Å². The molecule has 2 heterocycles. The molecule has 0 bridgehead atoms. The minimum absolute atomic E-state index is 0.0554. The number of rotatable bonds is 6. The second-order valence-electron chi connectivity index (χ2n) is 7.74. The quantitative estimate of drug-likeness (QED) is 0.690. The number of likely N-dealkylation sites (tertiary alicyclic amines) is 1. The van der Waals surface area contributed by atoms with E-state index in [0.717, 1.165) is 18.5 Å². The SMILES string of the molecule is O=C(Nc1ccc(Cl)c(S(=O)(=O)N2CCOCC2)c1)c1cccc(CN2CCCC2=O)c1. The molecule has 0 unspecified atom stereocenters. The van der Waals surface area contributed by atoms with Crippen LogP contribution < -0.4 is 5.32 Å². The maximum absolute atomic E-state index is 13.0. The number of carbonyl (C=O) groups is 2. The Balaban J connectivity index is 1.51. The average molecular weight is 478 g/mol.